The molecule has 0 aliphatic rings. The van der Waals surface area contributed by atoms with Gasteiger partial charge in [-0.15, -0.1) is 0 Å². The van der Waals surface area contributed by atoms with E-state index in [1.54, 1.807) is 7.11 Å². The van der Waals surface area contributed by atoms with E-state index in [2.05, 4.69) is 5.32 Å². The van der Waals surface area contributed by atoms with Crippen molar-refractivity contribution in [3.63, 3.8) is 0 Å². The molecular formula is C15H23F2NO. The van der Waals surface area contributed by atoms with Gasteiger partial charge >= 0.3 is 0 Å². The Morgan fingerprint density at radius 3 is 2.68 bits per heavy atom. The molecule has 2 nitrogen and oxygen atoms in total. The van der Waals surface area contributed by atoms with Crippen LogP contribution in [0.25, 0.3) is 0 Å². The van der Waals surface area contributed by atoms with Crippen LogP contribution >= 0.6 is 0 Å². The summed E-state index contributed by atoms with van der Waals surface area (Å²) in [6.45, 7) is 5.48. The molecule has 0 heterocycles. The number of ether oxygens (including phenoxy) is 1. The Morgan fingerprint density at radius 1 is 1.32 bits per heavy atom. The van der Waals surface area contributed by atoms with E-state index in [4.69, 9.17) is 4.74 Å². The van der Waals surface area contributed by atoms with Gasteiger partial charge in [0.1, 0.15) is 11.6 Å². The second kappa shape index (κ2) is 8.23. The number of benzene rings is 1. The van der Waals surface area contributed by atoms with Crippen LogP contribution in [-0.4, -0.2) is 20.3 Å². The quantitative estimate of drug-likeness (QED) is 0.778. The van der Waals surface area contributed by atoms with Gasteiger partial charge in [-0.2, -0.15) is 0 Å². The van der Waals surface area contributed by atoms with Crippen molar-refractivity contribution in [3.05, 3.63) is 35.4 Å². The van der Waals surface area contributed by atoms with E-state index in [9.17, 15) is 8.78 Å². The van der Waals surface area contributed by atoms with E-state index in [1.165, 1.54) is 12.1 Å². The Balaban J connectivity index is 2.85. The standard InChI is InChI=1S/C15H23F2NO/c1-4-7-18-15(8-11(2)10-19-3)13-9-12(16)5-6-14(13)17/h5-6,9,11,15,18H,4,7-8,10H2,1-3H3. The van der Waals surface area contributed by atoms with Crippen molar-refractivity contribution in [2.45, 2.75) is 32.7 Å². The third kappa shape index (κ3) is 5.25. The molecule has 108 valence electrons. The first-order valence-corrected chi connectivity index (χ1v) is 6.75. The smallest absolute Gasteiger partial charge is 0.128 e. The third-order valence-electron chi connectivity index (χ3n) is 3.06. The maximum Gasteiger partial charge on any atom is 0.128 e. The topological polar surface area (TPSA) is 21.3 Å². The van der Waals surface area contributed by atoms with Gasteiger partial charge in [-0.3, -0.25) is 0 Å². The molecule has 1 aromatic rings. The first-order chi connectivity index (χ1) is 9.08. The van der Waals surface area contributed by atoms with Gasteiger partial charge in [0.15, 0.2) is 0 Å². The van der Waals surface area contributed by atoms with Crippen LogP contribution in [0.1, 0.15) is 38.3 Å². The Bertz CT molecular complexity index is 384. The maximum atomic E-state index is 13.8. The average Bonchev–Trinajstić information content (AvgIpc) is 2.38. The molecule has 2 atom stereocenters. The highest BCUT2D eigenvalue weighted by atomic mass is 19.1. The highest BCUT2D eigenvalue weighted by molar-refractivity contribution is 5.22. The lowest BCUT2D eigenvalue weighted by Crippen LogP contribution is -2.26. The van der Waals surface area contributed by atoms with Crippen LogP contribution in [0.5, 0.6) is 0 Å². The van der Waals surface area contributed by atoms with Crippen LogP contribution in [-0.2, 0) is 4.74 Å². The number of nitrogens with one attached hydrogen (secondary N) is 1. The summed E-state index contributed by atoms with van der Waals surface area (Å²) in [6, 6.07) is 3.43. The zero-order valence-electron chi connectivity index (χ0n) is 11.9. The molecule has 1 rings (SSSR count). The fourth-order valence-corrected chi connectivity index (χ4v) is 2.18. The van der Waals surface area contributed by atoms with Crippen LogP contribution in [0.15, 0.2) is 18.2 Å². The molecule has 0 aliphatic heterocycles. The summed E-state index contributed by atoms with van der Waals surface area (Å²) in [7, 11) is 1.65. The molecule has 4 heteroatoms. The van der Waals surface area contributed by atoms with Gasteiger partial charge in [0.2, 0.25) is 0 Å². The molecule has 2 unspecified atom stereocenters. The largest absolute Gasteiger partial charge is 0.384 e. The summed E-state index contributed by atoms with van der Waals surface area (Å²) >= 11 is 0. The van der Waals surface area contributed by atoms with Gasteiger partial charge < -0.3 is 10.1 Å². The second-order valence-electron chi connectivity index (χ2n) is 4.97. The van der Waals surface area contributed by atoms with Crippen molar-refractivity contribution in [2.24, 2.45) is 5.92 Å². The number of hydrogen-bond donors (Lipinski definition) is 1. The summed E-state index contributed by atoms with van der Waals surface area (Å²) in [5, 5.41) is 3.28. The monoisotopic (exact) mass is 271 g/mol. The molecular weight excluding hydrogens is 248 g/mol. The minimum absolute atomic E-state index is 0.180. The lowest BCUT2D eigenvalue weighted by atomic mass is 9.95. The van der Waals surface area contributed by atoms with E-state index >= 15 is 0 Å². The van der Waals surface area contributed by atoms with Crippen molar-refractivity contribution < 1.29 is 13.5 Å². The van der Waals surface area contributed by atoms with E-state index < -0.39 is 5.82 Å². The van der Waals surface area contributed by atoms with Crippen molar-refractivity contribution in [2.75, 3.05) is 20.3 Å². The predicted octanol–water partition coefficient (Wildman–Crippen LogP) is 3.68. The summed E-state index contributed by atoms with van der Waals surface area (Å²) in [5.74, 6) is -0.485. The van der Waals surface area contributed by atoms with Crippen LogP contribution in [0.4, 0.5) is 8.78 Å². The first kappa shape index (κ1) is 16.1. The van der Waals surface area contributed by atoms with Crippen molar-refractivity contribution in [1.29, 1.82) is 0 Å². The minimum atomic E-state index is -0.404. The van der Waals surface area contributed by atoms with Gasteiger partial charge in [0.05, 0.1) is 0 Å². The molecule has 19 heavy (non-hydrogen) atoms. The van der Waals surface area contributed by atoms with Gasteiger partial charge in [-0.1, -0.05) is 13.8 Å². The molecule has 0 bridgehead atoms. The van der Waals surface area contributed by atoms with Gasteiger partial charge in [0.25, 0.3) is 0 Å². The van der Waals surface area contributed by atoms with Crippen molar-refractivity contribution >= 4 is 0 Å². The minimum Gasteiger partial charge on any atom is -0.384 e. The van der Waals surface area contributed by atoms with Crippen LogP contribution < -0.4 is 5.32 Å². The fraction of sp³-hybridized carbons (Fsp3) is 0.600. The highest BCUT2D eigenvalue weighted by Gasteiger charge is 2.18. The van der Waals surface area contributed by atoms with Gasteiger partial charge in [0, 0.05) is 25.3 Å². The van der Waals surface area contributed by atoms with E-state index in [-0.39, 0.29) is 17.8 Å². The zero-order chi connectivity index (χ0) is 14.3. The average molecular weight is 271 g/mol. The van der Waals surface area contributed by atoms with E-state index in [1.807, 2.05) is 13.8 Å². The Hall–Kier alpha value is -1.00. The van der Waals surface area contributed by atoms with Gasteiger partial charge in [-0.05, 0) is 43.5 Å². The Kier molecular flexibility index (Phi) is 6.95. The molecule has 0 aromatic heterocycles. The summed E-state index contributed by atoms with van der Waals surface area (Å²) in [6.07, 6.45) is 1.67. The van der Waals surface area contributed by atoms with E-state index in [0.29, 0.717) is 18.6 Å². The van der Waals surface area contributed by atoms with Crippen molar-refractivity contribution in [1.82, 2.24) is 5.32 Å². The predicted molar refractivity (Wildman–Crippen MR) is 73.0 cm³/mol. The van der Waals surface area contributed by atoms with Crippen LogP contribution in [0.2, 0.25) is 0 Å². The lowest BCUT2D eigenvalue weighted by molar-refractivity contribution is 0.149. The Morgan fingerprint density at radius 2 is 2.05 bits per heavy atom. The number of halogens is 2. The maximum absolute atomic E-state index is 13.8. The Labute approximate surface area is 114 Å². The van der Waals surface area contributed by atoms with E-state index in [0.717, 1.165) is 19.0 Å². The lowest BCUT2D eigenvalue weighted by Gasteiger charge is -2.23. The fourth-order valence-electron chi connectivity index (χ4n) is 2.18. The number of rotatable bonds is 8. The number of hydrogen-bond acceptors (Lipinski definition) is 2. The molecule has 0 amide bonds. The number of methoxy groups -OCH3 is 1. The van der Waals surface area contributed by atoms with Crippen molar-refractivity contribution in [3.8, 4) is 0 Å². The zero-order valence-corrected chi connectivity index (χ0v) is 11.9. The van der Waals surface area contributed by atoms with Gasteiger partial charge in [-0.25, -0.2) is 8.78 Å². The molecule has 1 N–H and O–H groups in total. The summed E-state index contributed by atoms with van der Waals surface area (Å²) in [4.78, 5) is 0. The molecule has 0 saturated carbocycles. The van der Waals surface area contributed by atoms with Crippen LogP contribution in [0.3, 0.4) is 0 Å². The normalized spacial score (nSPS) is 14.4. The molecule has 0 spiro atoms. The molecule has 1 aromatic carbocycles. The third-order valence-corrected chi connectivity index (χ3v) is 3.06. The van der Waals surface area contributed by atoms with Crippen LogP contribution in [0, 0.1) is 17.6 Å². The molecule has 0 radical (unpaired) electrons. The molecule has 0 saturated heterocycles. The summed E-state index contributed by atoms with van der Waals surface area (Å²) in [5.41, 5.74) is 0.399. The SMILES string of the molecule is CCCNC(CC(C)COC)c1cc(F)ccc1F. The summed E-state index contributed by atoms with van der Waals surface area (Å²) < 4.78 is 32.2. The highest BCUT2D eigenvalue weighted by Crippen LogP contribution is 2.25. The first-order valence-electron chi connectivity index (χ1n) is 6.75. The second-order valence-corrected chi connectivity index (χ2v) is 4.97. The molecule has 0 aliphatic carbocycles. The molecule has 0 fully saturated rings.